The standard InChI is InChI=1S/C23H27N3O4S/c1-6-18-15(3)22(17-10-8-9-11-19(17)25-18)23(27)24-16-12-13-20(30-7-2)21(14-16)31(28,29)26(4)5/h8-14H,6-7H2,1-5H3,(H,24,27). The first kappa shape index (κ1) is 22.7. The lowest BCUT2D eigenvalue weighted by atomic mass is 9.99. The molecule has 0 radical (unpaired) electrons. The number of nitrogens with zero attached hydrogens (tertiary/aromatic N) is 2. The second-order valence-corrected chi connectivity index (χ2v) is 9.39. The van der Waals surface area contributed by atoms with Gasteiger partial charge >= 0.3 is 0 Å². The summed E-state index contributed by atoms with van der Waals surface area (Å²) in [5.41, 5.74) is 3.32. The number of para-hydroxylation sites is 1. The molecule has 0 bridgehead atoms. The number of aryl methyl sites for hydroxylation is 1. The Morgan fingerprint density at radius 2 is 1.84 bits per heavy atom. The predicted molar refractivity (Wildman–Crippen MR) is 122 cm³/mol. The molecule has 0 aliphatic heterocycles. The third-order valence-corrected chi connectivity index (χ3v) is 6.89. The van der Waals surface area contributed by atoms with Crippen LogP contribution in [-0.4, -0.2) is 44.3 Å². The van der Waals surface area contributed by atoms with Crippen LogP contribution in [-0.2, 0) is 16.4 Å². The zero-order chi connectivity index (χ0) is 22.8. The number of nitrogens with one attached hydrogen (secondary N) is 1. The Balaban J connectivity index is 2.08. The van der Waals surface area contributed by atoms with Crippen LogP contribution in [0.5, 0.6) is 5.75 Å². The maximum Gasteiger partial charge on any atom is 0.256 e. The van der Waals surface area contributed by atoms with Crippen LogP contribution in [0.15, 0.2) is 47.4 Å². The van der Waals surface area contributed by atoms with Crippen molar-refractivity contribution in [1.82, 2.24) is 9.29 Å². The summed E-state index contributed by atoms with van der Waals surface area (Å²) in [7, 11) is -0.852. The number of amides is 1. The van der Waals surface area contributed by atoms with E-state index in [-0.39, 0.29) is 16.6 Å². The molecule has 7 nitrogen and oxygen atoms in total. The molecule has 0 atom stereocenters. The second-order valence-electron chi connectivity index (χ2n) is 7.27. The van der Waals surface area contributed by atoms with Crippen molar-refractivity contribution >= 4 is 32.5 Å². The number of pyridine rings is 1. The van der Waals surface area contributed by atoms with Gasteiger partial charge in [0, 0.05) is 30.9 Å². The van der Waals surface area contributed by atoms with Crippen molar-refractivity contribution in [2.75, 3.05) is 26.0 Å². The van der Waals surface area contributed by atoms with Crippen molar-refractivity contribution in [1.29, 1.82) is 0 Å². The van der Waals surface area contributed by atoms with E-state index in [0.29, 0.717) is 24.3 Å². The van der Waals surface area contributed by atoms with Crippen LogP contribution in [0.3, 0.4) is 0 Å². The van der Waals surface area contributed by atoms with Crippen LogP contribution in [0.2, 0.25) is 0 Å². The molecule has 3 rings (SSSR count). The van der Waals surface area contributed by atoms with Gasteiger partial charge < -0.3 is 10.1 Å². The number of carbonyl (C=O) groups is 1. The van der Waals surface area contributed by atoms with Gasteiger partial charge in [0.25, 0.3) is 5.91 Å². The number of hydrogen-bond donors (Lipinski definition) is 1. The van der Waals surface area contributed by atoms with Crippen molar-refractivity contribution in [3.05, 3.63) is 59.3 Å². The highest BCUT2D eigenvalue weighted by atomic mass is 32.2. The molecule has 31 heavy (non-hydrogen) atoms. The van der Waals surface area contributed by atoms with E-state index >= 15 is 0 Å². The summed E-state index contributed by atoms with van der Waals surface area (Å²) in [4.78, 5) is 18.0. The minimum Gasteiger partial charge on any atom is -0.492 e. The van der Waals surface area contributed by atoms with Crippen molar-refractivity contribution < 1.29 is 17.9 Å². The number of sulfonamides is 1. The summed E-state index contributed by atoms with van der Waals surface area (Å²) >= 11 is 0. The number of hydrogen-bond acceptors (Lipinski definition) is 5. The highest BCUT2D eigenvalue weighted by Crippen LogP contribution is 2.30. The van der Waals surface area contributed by atoms with E-state index in [1.165, 1.54) is 20.2 Å². The molecule has 0 aliphatic rings. The lowest BCUT2D eigenvalue weighted by Crippen LogP contribution is -2.23. The summed E-state index contributed by atoms with van der Waals surface area (Å²) in [6, 6.07) is 12.1. The summed E-state index contributed by atoms with van der Waals surface area (Å²) in [5.74, 6) is -0.0730. The summed E-state index contributed by atoms with van der Waals surface area (Å²) < 4.78 is 32.2. The average Bonchev–Trinajstić information content (AvgIpc) is 2.74. The monoisotopic (exact) mass is 441 g/mol. The molecule has 0 saturated heterocycles. The van der Waals surface area contributed by atoms with Crippen LogP contribution >= 0.6 is 0 Å². The number of ether oxygens (including phenoxy) is 1. The topological polar surface area (TPSA) is 88.6 Å². The number of rotatable bonds is 7. The summed E-state index contributed by atoms with van der Waals surface area (Å²) in [6.45, 7) is 5.98. The molecule has 3 aromatic rings. The van der Waals surface area contributed by atoms with Crippen LogP contribution in [0, 0.1) is 6.92 Å². The van der Waals surface area contributed by atoms with Crippen LogP contribution in [0.4, 0.5) is 5.69 Å². The van der Waals surface area contributed by atoms with Gasteiger partial charge in [-0.2, -0.15) is 0 Å². The fourth-order valence-electron chi connectivity index (χ4n) is 3.45. The van der Waals surface area contributed by atoms with E-state index in [0.717, 1.165) is 26.5 Å². The summed E-state index contributed by atoms with van der Waals surface area (Å²) in [6.07, 6.45) is 0.700. The maximum atomic E-state index is 13.3. The van der Waals surface area contributed by atoms with E-state index in [9.17, 15) is 13.2 Å². The number of benzene rings is 2. The Bertz CT molecular complexity index is 1240. The first-order valence-electron chi connectivity index (χ1n) is 10.1. The molecular formula is C23H27N3O4S. The molecule has 2 aromatic carbocycles. The SMILES string of the molecule is CCOc1ccc(NC(=O)c2c(C)c(CC)nc3ccccc23)cc1S(=O)(=O)N(C)C. The highest BCUT2D eigenvalue weighted by molar-refractivity contribution is 7.89. The molecule has 0 spiro atoms. The molecule has 0 saturated carbocycles. The fraction of sp³-hybridized carbons (Fsp3) is 0.304. The normalized spacial score (nSPS) is 11.7. The lowest BCUT2D eigenvalue weighted by Gasteiger charge is -2.17. The molecule has 1 aromatic heterocycles. The van der Waals surface area contributed by atoms with Gasteiger partial charge in [0.1, 0.15) is 10.6 Å². The summed E-state index contributed by atoms with van der Waals surface area (Å²) in [5, 5.41) is 3.61. The molecule has 1 amide bonds. The van der Waals surface area contributed by atoms with Gasteiger partial charge in [-0.15, -0.1) is 0 Å². The van der Waals surface area contributed by atoms with Crippen molar-refractivity contribution in [3.63, 3.8) is 0 Å². The van der Waals surface area contributed by atoms with Crippen molar-refractivity contribution in [2.45, 2.75) is 32.1 Å². The van der Waals surface area contributed by atoms with Gasteiger partial charge in [0.15, 0.2) is 0 Å². The van der Waals surface area contributed by atoms with Gasteiger partial charge in [0.2, 0.25) is 10.0 Å². The first-order chi connectivity index (χ1) is 14.7. The number of carbonyl (C=O) groups excluding carboxylic acids is 1. The average molecular weight is 442 g/mol. The van der Waals surface area contributed by atoms with Crippen LogP contribution in [0.1, 0.15) is 35.5 Å². The molecule has 0 aliphatic carbocycles. The molecule has 8 heteroatoms. The smallest absolute Gasteiger partial charge is 0.256 e. The number of anilines is 1. The van der Waals surface area contributed by atoms with E-state index in [2.05, 4.69) is 10.3 Å². The van der Waals surface area contributed by atoms with E-state index < -0.39 is 10.0 Å². The fourth-order valence-corrected chi connectivity index (χ4v) is 4.50. The second kappa shape index (κ2) is 9.03. The van der Waals surface area contributed by atoms with E-state index in [4.69, 9.17) is 4.74 Å². The quantitative estimate of drug-likeness (QED) is 0.599. The molecular weight excluding hydrogens is 414 g/mol. The predicted octanol–water partition coefficient (Wildman–Crippen LogP) is 4.01. The zero-order valence-electron chi connectivity index (χ0n) is 18.4. The minimum absolute atomic E-state index is 0.00251. The molecule has 1 heterocycles. The minimum atomic E-state index is -3.76. The zero-order valence-corrected chi connectivity index (χ0v) is 19.2. The van der Waals surface area contributed by atoms with Gasteiger partial charge in [-0.1, -0.05) is 25.1 Å². The Morgan fingerprint density at radius 1 is 1.13 bits per heavy atom. The van der Waals surface area contributed by atoms with Crippen molar-refractivity contribution in [3.8, 4) is 5.75 Å². The van der Waals surface area contributed by atoms with E-state index in [1.54, 1.807) is 19.1 Å². The Kier molecular flexibility index (Phi) is 6.62. The van der Waals surface area contributed by atoms with Crippen molar-refractivity contribution in [2.24, 2.45) is 0 Å². The Hall–Kier alpha value is -2.97. The molecule has 0 unspecified atom stereocenters. The third-order valence-electron chi connectivity index (χ3n) is 5.06. The largest absolute Gasteiger partial charge is 0.492 e. The Morgan fingerprint density at radius 3 is 2.48 bits per heavy atom. The maximum absolute atomic E-state index is 13.3. The van der Waals surface area contributed by atoms with Gasteiger partial charge in [0.05, 0.1) is 17.7 Å². The van der Waals surface area contributed by atoms with Gasteiger partial charge in [-0.3, -0.25) is 9.78 Å². The lowest BCUT2D eigenvalue weighted by molar-refractivity contribution is 0.102. The van der Waals surface area contributed by atoms with Gasteiger partial charge in [-0.05, 0) is 50.1 Å². The van der Waals surface area contributed by atoms with Crippen LogP contribution < -0.4 is 10.1 Å². The van der Waals surface area contributed by atoms with E-state index in [1.807, 2.05) is 38.1 Å². The Labute approximate surface area is 183 Å². The highest BCUT2D eigenvalue weighted by Gasteiger charge is 2.24. The molecule has 0 fully saturated rings. The third kappa shape index (κ3) is 4.40. The molecule has 1 N–H and O–H groups in total. The number of aromatic nitrogens is 1. The van der Waals surface area contributed by atoms with Crippen LogP contribution in [0.25, 0.3) is 10.9 Å². The van der Waals surface area contributed by atoms with Gasteiger partial charge in [-0.25, -0.2) is 12.7 Å². The first-order valence-corrected chi connectivity index (χ1v) is 11.5. The number of fused-ring (bicyclic) bond motifs is 1. The molecule has 164 valence electrons.